The fourth-order valence-corrected chi connectivity index (χ4v) is 6.87. The van der Waals surface area contributed by atoms with Crippen LogP contribution in [0.5, 0.6) is 0 Å². The molecular formula is C29H36FN5O. The lowest BCUT2D eigenvalue weighted by molar-refractivity contribution is -0.129. The Balaban J connectivity index is 1.36. The second-order valence-electron chi connectivity index (χ2n) is 11.1. The second-order valence-corrected chi connectivity index (χ2v) is 11.1. The molecule has 3 aromatic rings. The number of rotatable bonds is 4. The van der Waals surface area contributed by atoms with Gasteiger partial charge in [0.05, 0.1) is 17.7 Å². The van der Waals surface area contributed by atoms with Gasteiger partial charge in [0.2, 0.25) is 5.91 Å². The van der Waals surface area contributed by atoms with Crippen molar-refractivity contribution < 1.29 is 9.18 Å². The van der Waals surface area contributed by atoms with E-state index in [1.54, 1.807) is 6.07 Å². The van der Waals surface area contributed by atoms with E-state index in [2.05, 4.69) is 70.9 Å². The van der Waals surface area contributed by atoms with Crippen molar-refractivity contribution in [3.63, 3.8) is 0 Å². The van der Waals surface area contributed by atoms with Gasteiger partial charge in [-0.15, -0.1) is 0 Å². The molecule has 0 spiro atoms. The van der Waals surface area contributed by atoms with Gasteiger partial charge in [-0.2, -0.15) is 0 Å². The van der Waals surface area contributed by atoms with Gasteiger partial charge in [0.1, 0.15) is 5.82 Å². The Bertz CT molecular complexity index is 1320. The molecule has 2 aliphatic heterocycles. The highest BCUT2D eigenvalue weighted by atomic mass is 19.1. The number of halogens is 1. The average Bonchev–Trinajstić information content (AvgIpc) is 3.56. The van der Waals surface area contributed by atoms with Gasteiger partial charge in [-0.1, -0.05) is 24.3 Å². The standard InChI is InChI=1S/C29H36FN5O/c1-31(2)26-17-35(24-12-11-19-7-5-9-23(30)28(19)24)16-22(26)21-15-33(4)29-20(21)8-6-10-25(29)34-14-13-32(3)27(36)18-34/h5-10,15,22,24,26H,11-14,16-18H2,1-4H3/t22-,24?,26+/m1/s1. The van der Waals surface area contributed by atoms with Crippen LogP contribution in [0.2, 0.25) is 0 Å². The number of aryl methyl sites for hydroxylation is 2. The number of amides is 1. The summed E-state index contributed by atoms with van der Waals surface area (Å²) in [5, 5.41) is 1.26. The molecule has 3 atom stereocenters. The Kier molecular flexibility index (Phi) is 5.80. The van der Waals surface area contributed by atoms with Gasteiger partial charge in [-0.25, -0.2) is 4.39 Å². The summed E-state index contributed by atoms with van der Waals surface area (Å²) in [4.78, 5) is 21.3. The number of nitrogens with zero attached hydrogens (tertiary/aromatic N) is 5. The molecule has 6 nitrogen and oxygen atoms in total. The van der Waals surface area contributed by atoms with Crippen LogP contribution in [-0.2, 0) is 18.3 Å². The second kappa shape index (κ2) is 8.89. The number of anilines is 1. The van der Waals surface area contributed by atoms with Crippen LogP contribution in [0.15, 0.2) is 42.6 Å². The molecule has 1 aromatic heterocycles. The molecule has 3 aliphatic rings. The third-order valence-corrected chi connectivity index (χ3v) is 8.79. The number of benzene rings is 2. The van der Waals surface area contributed by atoms with Crippen LogP contribution in [0, 0.1) is 5.82 Å². The fourth-order valence-electron chi connectivity index (χ4n) is 6.87. The van der Waals surface area contributed by atoms with Gasteiger partial charge in [-0.3, -0.25) is 9.69 Å². The van der Waals surface area contributed by atoms with Crippen LogP contribution in [0.4, 0.5) is 10.1 Å². The first-order valence-electron chi connectivity index (χ1n) is 13.1. The van der Waals surface area contributed by atoms with E-state index in [4.69, 9.17) is 0 Å². The lowest BCUT2D eigenvalue weighted by atomic mass is 9.93. The first kappa shape index (κ1) is 23.5. The molecule has 2 saturated heterocycles. The number of carbonyl (C=O) groups excluding carboxylic acids is 1. The summed E-state index contributed by atoms with van der Waals surface area (Å²) in [6, 6.07) is 12.5. The van der Waals surface area contributed by atoms with E-state index < -0.39 is 0 Å². The van der Waals surface area contributed by atoms with Crippen LogP contribution >= 0.6 is 0 Å². The number of fused-ring (bicyclic) bond motifs is 2. The molecular weight excluding hydrogens is 453 g/mol. The number of likely N-dealkylation sites (N-methyl/N-ethyl adjacent to an activating group) is 2. The third-order valence-electron chi connectivity index (χ3n) is 8.79. The summed E-state index contributed by atoms with van der Waals surface area (Å²) in [5.74, 6) is 0.427. The smallest absolute Gasteiger partial charge is 0.241 e. The molecule has 190 valence electrons. The number of aromatic nitrogens is 1. The Morgan fingerprint density at radius 1 is 1.03 bits per heavy atom. The van der Waals surface area contributed by atoms with Crippen molar-refractivity contribution in [1.29, 1.82) is 0 Å². The zero-order valence-electron chi connectivity index (χ0n) is 21.7. The van der Waals surface area contributed by atoms with Crippen LogP contribution < -0.4 is 4.90 Å². The first-order valence-corrected chi connectivity index (χ1v) is 13.1. The summed E-state index contributed by atoms with van der Waals surface area (Å²) in [7, 11) is 8.32. The van der Waals surface area contributed by atoms with Gasteiger partial charge in [0.15, 0.2) is 0 Å². The van der Waals surface area contributed by atoms with E-state index in [9.17, 15) is 9.18 Å². The van der Waals surface area contributed by atoms with Gasteiger partial charge in [-0.05, 0) is 50.2 Å². The Hall–Kier alpha value is -2.90. The number of carbonyl (C=O) groups is 1. The summed E-state index contributed by atoms with van der Waals surface area (Å²) in [6.07, 6.45) is 4.23. The number of hydrogen-bond donors (Lipinski definition) is 0. The Morgan fingerprint density at radius 3 is 2.61 bits per heavy atom. The monoisotopic (exact) mass is 489 g/mol. The highest BCUT2D eigenvalue weighted by Gasteiger charge is 2.42. The zero-order chi connectivity index (χ0) is 25.1. The topological polar surface area (TPSA) is 35.0 Å². The van der Waals surface area contributed by atoms with Crippen LogP contribution in [-0.4, -0.2) is 85.1 Å². The molecule has 1 aliphatic carbocycles. The molecule has 36 heavy (non-hydrogen) atoms. The first-order chi connectivity index (χ1) is 17.3. The zero-order valence-corrected chi connectivity index (χ0v) is 21.7. The molecule has 1 amide bonds. The molecule has 0 saturated carbocycles. The fraction of sp³-hybridized carbons (Fsp3) is 0.483. The Labute approximate surface area is 212 Å². The summed E-state index contributed by atoms with van der Waals surface area (Å²) >= 11 is 0. The van der Waals surface area contributed by atoms with Crippen molar-refractivity contribution in [2.75, 3.05) is 58.8 Å². The van der Waals surface area contributed by atoms with Crippen molar-refractivity contribution >= 4 is 22.5 Å². The molecule has 3 heterocycles. The Morgan fingerprint density at radius 2 is 1.83 bits per heavy atom. The molecule has 0 bridgehead atoms. The van der Waals surface area contributed by atoms with Crippen LogP contribution in [0.3, 0.4) is 0 Å². The summed E-state index contributed by atoms with van der Waals surface area (Å²) < 4.78 is 17.1. The van der Waals surface area contributed by atoms with Crippen molar-refractivity contribution in [3.8, 4) is 0 Å². The van der Waals surface area contributed by atoms with E-state index in [0.717, 1.165) is 50.3 Å². The van der Waals surface area contributed by atoms with Crippen molar-refractivity contribution in [2.24, 2.45) is 7.05 Å². The maximum atomic E-state index is 14.9. The predicted molar refractivity (Wildman–Crippen MR) is 142 cm³/mol. The molecule has 1 unspecified atom stereocenters. The van der Waals surface area contributed by atoms with E-state index >= 15 is 0 Å². The van der Waals surface area contributed by atoms with E-state index in [-0.39, 0.29) is 17.8 Å². The molecule has 2 fully saturated rings. The molecule has 6 rings (SSSR count). The normalized spacial score (nSPS) is 24.9. The number of likely N-dealkylation sites (tertiary alicyclic amines) is 1. The lowest BCUT2D eigenvalue weighted by Gasteiger charge is -2.34. The quantitative estimate of drug-likeness (QED) is 0.561. The number of para-hydroxylation sites is 1. The minimum Gasteiger partial charge on any atom is -0.359 e. The highest BCUT2D eigenvalue weighted by Crippen LogP contribution is 2.44. The van der Waals surface area contributed by atoms with Gasteiger partial charge in [0.25, 0.3) is 0 Å². The molecule has 0 radical (unpaired) electrons. The highest BCUT2D eigenvalue weighted by molar-refractivity contribution is 5.96. The lowest BCUT2D eigenvalue weighted by Crippen LogP contribution is -2.48. The molecule has 7 heteroatoms. The third kappa shape index (κ3) is 3.71. The largest absolute Gasteiger partial charge is 0.359 e. The predicted octanol–water partition coefficient (Wildman–Crippen LogP) is 3.61. The van der Waals surface area contributed by atoms with Crippen LogP contribution in [0.1, 0.15) is 35.1 Å². The van der Waals surface area contributed by atoms with Crippen molar-refractivity contribution in [2.45, 2.75) is 30.8 Å². The maximum Gasteiger partial charge on any atom is 0.241 e. The minimum absolute atomic E-state index is 0.0589. The SMILES string of the molecule is CN1CCN(c2cccc3c([C@H]4CN(C5CCc6cccc(F)c65)C[C@@H]4N(C)C)cn(C)c23)CC1=O. The van der Waals surface area contributed by atoms with Gasteiger partial charge in [0, 0.05) is 75.4 Å². The summed E-state index contributed by atoms with van der Waals surface area (Å²) in [6.45, 7) is 3.84. The molecule has 0 N–H and O–H groups in total. The van der Waals surface area contributed by atoms with Crippen molar-refractivity contribution in [1.82, 2.24) is 19.3 Å². The van der Waals surface area contributed by atoms with Gasteiger partial charge >= 0.3 is 0 Å². The maximum absolute atomic E-state index is 14.9. The van der Waals surface area contributed by atoms with E-state index in [0.29, 0.717) is 18.5 Å². The number of hydrogen-bond acceptors (Lipinski definition) is 4. The average molecular weight is 490 g/mol. The van der Waals surface area contributed by atoms with Gasteiger partial charge < -0.3 is 19.3 Å². The van der Waals surface area contributed by atoms with E-state index in [1.807, 2.05) is 18.0 Å². The minimum atomic E-state index is -0.0589. The van der Waals surface area contributed by atoms with Crippen LogP contribution in [0.25, 0.3) is 10.9 Å². The number of piperazine rings is 1. The summed E-state index contributed by atoms with van der Waals surface area (Å²) in [5.41, 5.74) is 5.75. The van der Waals surface area contributed by atoms with Crippen molar-refractivity contribution in [3.05, 3.63) is 65.1 Å². The van der Waals surface area contributed by atoms with E-state index in [1.165, 1.54) is 22.0 Å². The molecule has 2 aromatic carbocycles.